The Morgan fingerprint density at radius 3 is 2.17 bits per heavy atom. The highest BCUT2D eigenvalue weighted by atomic mass is 32.2. The number of aryl methyl sites for hydroxylation is 1. The van der Waals surface area contributed by atoms with Crippen molar-refractivity contribution >= 4 is 21.6 Å². The third-order valence-corrected chi connectivity index (χ3v) is 7.63. The van der Waals surface area contributed by atoms with Gasteiger partial charge in [0.1, 0.15) is 23.8 Å². The Kier molecular flexibility index (Phi) is 8.82. The summed E-state index contributed by atoms with van der Waals surface area (Å²) in [5.74, 6) is 1.17. The highest BCUT2D eigenvalue weighted by Crippen LogP contribution is 2.33. The van der Waals surface area contributed by atoms with Crippen LogP contribution in [-0.4, -0.2) is 42.2 Å². The lowest BCUT2D eigenvalue weighted by Crippen LogP contribution is -2.42. The van der Waals surface area contributed by atoms with Gasteiger partial charge in [-0.15, -0.1) is 0 Å². The first-order chi connectivity index (χ1) is 17.2. The summed E-state index contributed by atoms with van der Waals surface area (Å²) in [5, 5.41) is 2.98. The standard InChI is InChI=1S/C27H32N2O6S/c1-6-23(20-11-16-25(34-4)19(2)17-20)28-27(30)18-29(24-9-7-8-10-26(24)35-5)36(31,32)22-14-12-21(33-3)13-15-22/h7-17,23H,6,18H2,1-5H3,(H,28,30)/t23-/m0/s1. The Labute approximate surface area is 212 Å². The van der Waals surface area contributed by atoms with Gasteiger partial charge in [0.15, 0.2) is 0 Å². The van der Waals surface area contributed by atoms with Crippen molar-refractivity contribution in [3.63, 3.8) is 0 Å². The van der Waals surface area contributed by atoms with Crippen LogP contribution in [0.5, 0.6) is 17.2 Å². The van der Waals surface area contributed by atoms with Gasteiger partial charge >= 0.3 is 0 Å². The van der Waals surface area contributed by atoms with Crippen LogP contribution in [0.15, 0.2) is 71.6 Å². The monoisotopic (exact) mass is 512 g/mol. The fraction of sp³-hybridized carbons (Fsp3) is 0.296. The number of hydrogen-bond donors (Lipinski definition) is 1. The van der Waals surface area contributed by atoms with E-state index in [0.717, 1.165) is 21.2 Å². The molecular weight excluding hydrogens is 480 g/mol. The second kappa shape index (κ2) is 11.8. The Balaban J connectivity index is 1.94. The van der Waals surface area contributed by atoms with Gasteiger partial charge < -0.3 is 19.5 Å². The van der Waals surface area contributed by atoms with Gasteiger partial charge in [-0.2, -0.15) is 0 Å². The second-order valence-corrected chi connectivity index (χ2v) is 9.98. The Bertz CT molecular complexity index is 1290. The average molecular weight is 513 g/mol. The first-order valence-electron chi connectivity index (χ1n) is 11.5. The maximum absolute atomic E-state index is 13.7. The third-order valence-electron chi connectivity index (χ3n) is 5.85. The molecule has 9 heteroatoms. The zero-order chi connectivity index (χ0) is 26.3. The van der Waals surface area contributed by atoms with Crippen LogP contribution >= 0.6 is 0 Å². The molecule has 0 radical (unpaired) electrons. The van der Waals surface area contributed by atoms with Crippen molar-refractivity contribution in [1.29, 1.82) is 0 Å². The fourth-order valence-electron chi connectivity index (χ4n) is 3.92. The quantitative estimate of drug-likeness (QED) is 0.407. The number of para-hydroxylation sites is 2. The molecule has 0 aliphatic carbocycles. The number of methoxy groups -OCH3 is 3. The number of ether oxygens (including phenoxy) is 3. The molecule has 3 rings (SSSR count). The lowest BCUT2D eigenvalue weighted by atomic mass is 10.0. The molecule has 0 saturated heterocycles. The normalized spacial score (nSPS) is 11.9. The minimum absolute atomic E-state index is 0.0276. The predicted octanol–water partition coefficient (Wildman–Crippen LogP) is 4.48. The molecule has 0 aliphatic rings. The molecule has 3 aromatic carbocycles. The van der Waals surface area contributed by atoms with E-state index in [1.165, 1.54) is 26.4 Å². The van der Waals surface area contributed by atoms with Gasteiger partial charge in [-0.1, -0.05) is 31.2 Å². The highest BCUT2D eigenvalue weighted by Gasteiger charge is 2.30. The molecule has 1 atom stereocenters. The summed E-state index contributed by atoms with van der Waals surface area (Å²) in [6.45, 7) is 3.46. The number of amides is 1. The molecule has 0 aliphatic heterocycles. The van der Waals surface area contributed by atoms with E-state index in [1.54, 1.807) is 43.5 Å². The molecular formula is C27H32N2O6S. The van der Waals surface area contributed by atoms with Crippen LogP contribution in [0.2, 0.25) is 0 Å². The number of sulfonamides is 1. The third kappa shape index (κ3) is 5.91. The lowest BCUT2D eigenvalue weighted by molar-refractivity contribution is -0.120. The lowest BCUT2D eigenvalue weighted by Gasteiger charge is -2.27. The van der Waals surface area contributed by atoms with Gasteiger partial charge in [0.25, 0.3) is 10.0 Å². The van der Waals surface area contributed by atoms with Gasteiger partial charge in [0, 0.05) is 0 Å². The van der Waals surface area contributed by atoms with Crippen molar-refractivity contribution in [1.82, 2.24) is 5.32 Å². The number of rotatable bonds is 11. The molecule has 0 unspecified atom stereocenters. The van der Waals surface area contributed by atoms with Crippen molar-refractivity contribution in [3.05, 3.63) is 77.9 Å². The van der Waals surface area contributed by atoms with E-state index in [2.05, 4.69) is 5.32 Å². The largest absolute Gasteiger partial charge is 0.497 e. The molecule has 8 nitrogen and oxygen atoms in total. The minimum Gasteiger partial charge on any atom is -0.497 e. The predicted molar refractivity (Wildman–Crippen MR) is 139 cm³/mol. The van der Waals surface area contributed by atoms with E-state index < -0.39 is 22.5 Å². The van der Waals surface area contributed by atoms with E-state index in [1.807, 2.05) is 32.0 Å². The van der Waals surface area contributed by atoms with E-state index >= 15 is 0 Å². The van der Waals surface area contributed by atoms with Crippen molar-refractivity contribution in [2.45, 2.75) is 31.2 Å². The van der Waals surface area contributed by atoms with Crippen LogP contribution in [0, 0.1) is 6.92 Å². The van der Waals surface area contributed by atoms with Gasteiger partial charge in [-0.25, -0.2) is 8.42 Å². The number of carbonyl (C=O) groups excluding carboxylic acids is 1. The van der Waals surface area contributed by atoms with E-state index in [-0.39, 0.29) is 16.6 Å². The zero-order valence-corrected chi connectivity index (χ0v) is 22.0. The molecule has 0 bridgehead atoms. The Morgan fingerprint density at radius 2 is 1.58 bits per heavy atom. The average Bonchev–Trinajstić information content (AvgIpc) is 2.90. The van der Waals surface area contributed by atoms with Crippen LogP contribution in [0.3, 0.4) is 0 Å². The number of nitrogens with one attached hydrogen (secondary N) is 1. The van der Waals surface area contributed by atoms with Crippen molar-refractivity contribution in [2.75, 3.05) is 32.2 Å². The first kappa shape index (κ1) is 26.9. The number of nitrogens with zero attached hydrogens (tertiary/aromatic N) is 1. The van der Waals surface area contributed by atoms with Gasteiger partial charge in [-0.05, 0) is 66.9 Å². The summed E-state index contributed by atoms with van der Waals surface area (Å²) in [5.41, 5.74) is 2.12. The van der Waals surface area contributed by atoms with Crippen molar-refractivity contribution in [2.24, 2.45) is 0 Å². The highest BCUT2D eigenvalue weighted by molar-refractivity contribution is 7.92. The maximum Gasteiger partial charge on any atom is 0.264 e. The summed E-state index contributed by atoms with van der Waals surface area (Å²) in [4.78, 5) is 13.3. The molecule has 0 fully saturated rings. The fourth-order valence-corrected chi connectivity index (χ4v) is 5.35. The maximum atomic E-state index is 13.7. The van der Waals surface area contributed by atoms with Gasteiger partial charge in [-0.3, -0.25) is 9.10 Å². The van der Waals surface area contributed by atoms with E-state index in [0.29, 0.717) is 17.9 Å². The molecule has 3 aromatic rings. The van der Waals surface area contributed by atoms with Crippen LogP contribution in [0.1, 0.15) is 30.5 Å². The molecule has 192 valence electrons. The van der Waals surface area contributed by atoms with Crippen LogP contribution < -0.4 is 23.8 Å². The number of hydrogen-bond acceptors (Lipinski definition) is 6. The van der Waals surface area contributed by atoms with Crippen molar-refractivity contribution in [3.8, 4) is 17.2 Å². The summed E-state index contributed by atoms with van der Waals surface area (Å²) in [7, 11) is 0.457. The molecule has 0 heterocycles. The van der Waals surface area contributed by atoms with Gasteiger partial charge in [0.2, 0.25) is 5.91 Å². The number of anilines is 1. The van der Waals surface area contributed by atoms with Crippen LogP contribution in [-0.2, 0) is 14.8 Å². The summed E-state index contributed by atoms with van der Waals surface area (Å²) >= 11 is 0. The number of benzene rings is 3. The van der Waals surface area contributed by atoms with Crippen LogP contribution in [0.25, 0.3) is 0 Å². The molecule has 1 amide bonds. The summed E-state index contributed by atoms with van der Waals surface area (Å²) in [6, 6.07) is 18.1. The minimum atomic E-state index is -4.11. The van der Waals surface area contributed by atoms with Gasteiger partial charge in [0.05, 0.1) is 38.0 Å². The Hall–Kier alpha value is -3.72. The van der Waals surface area contributed by atoms with Crippen LogP contribution in [0.4, 0.5) is 5.69 Å². The molecule has 1 N–H and O–H groups in total. The molecule has 0 saturated carbocycles. The molecule has 0 spiro atoms. The summed E-state index contributed by atoms with van der Waals surface area (Å²) in [6.07, 6.45) is 0.622. The first-order valence-corrected chi connectivity index (χ1v) is 12.9. The smallest absolute Gasteiger partial charge is 0.264 e. The van der Waals surface area contributed by atoms with E-state index in [9.17, 15) is 13.2 Å². The molecule has 0 aromatic heterocycles. The van der Waals surface area contributed by atoms with E-state index in [4.69, 9.17) is 14.2 Å². The van der Waals surface area contributed by atoms with Crippen molar-refractivity contribution < 1.29 is 27.4 Å². The number of carbonyl (C=O) groups is 1. The SMILES string of the molecule is CC[C@H](NC(=O)CN(c1ccccc1OC)S(=O)(=O)c1ccc(OC)cc1)c1ccc(OC)c(C)c1. The topological polar surface area (TPSA) is 94.2 Å². The zero-order valence-electron chi connectivity index (χ0n) is 21.1. The summed E-state index contributed by atoms with van der Waals surface area (Å²) < 4.78 is 44.4. The second-order valence-electron chi connectivity index (χ2n) is 8.12. The molecule has 36 heavy (non-hydrogen) atoms. The Morgan fingerprint density at radius 1 is 0.917 bits per heavy atom.